The number of nitrogens with zero attached hydrogens (tertiary/aromatic N) is 1. The van der Waals surface area contributed by atoms with E-state index in [4.69, 9.17) is 5.11 Å². The first-order valence-electron chi connectivity index (χ1n) is 4.00. The number of aryl methyl sites for hydroxylation is 1. The van der Waals surface area contributed by atoms with Gasteiger partial charge in [-0.2, -0.15) is 0 Å². The summed E-state index contributed by atoms with van der Waals surface area (Å²) in [5, 5.41) is 8.85. The number of fused-ring (bicyclic) bond motifs is 1. The Bertz CT molecular complexity index is 471. The number of rotatable bonds is 1. The van der Waals surface area contributed by atoms with Crippen molar-refractivity contribution in [3.05, 3.63) is 41.7 Å². The Hall–Kier alpha value is -1.77. The minimum absolute atomic E-state index is 0.367. The van der Waals surface area contributed by atoms with Crippen molar-refractivity contribution in [2.24, 2.45) is 0 Å². The summed E-state index contributed by atoms with van der Waals surface area (Å²) in [5.74, 6) is -0.874. The van der Waals surface area contributed by atoms with Gasteiger partial charge in [-0.25, -0.2) is 4.79 Å². The second-order valence-corrected chi connectivity index (χ2v) is 2.97. The van der Waals surface area contributed by atoms with E-state index in [1.807, 2.05) is 35.7 Å². The first-order valence-corrected chi connectivity index (χ1v) is 4.00. The third-order valence-corrected chi connectivity index (χ3v) is 2.18. The number of carbonyl (C=O) groups is 1. The number of hydrogen-bond donors (Lipinski definition) is 1. The van der Waals surface area contributed by atoms with E-state index >= 15 is 0 Å². The lowest BCUT2D eigenvalue weighted by Gasteiger charge is -1.92. The van der Waals surface area contributed by atoms with Crippen molar-refractivity contribution in [3.8, 4) is 0 Å². The van der Waals surface area contributed by atoms with Gasteiger partial charge < -0.3 is 9.51 Å². The summed E-state index contributed by atoms with van der Waals surface area (Å²) in [6.07, 6.45) is 3.47. The molecule has 0 spiro atoms. The lowest BCUT2D eigenvalue weighted by atomic mass is 10.2. The highest BCUT2D eigenvalue weighted by Gasteiger charge is 2.11. The molecule has 0 atom stereocenters. The maximum absolute atomic E-state index is 10.8. The fraction of sp³-hybridized carbons (Fsp3) is 0.100. The van der Waals surface area contributed by atoms with Crippen LogP contribution < -0.4 is 0 Å². The Morgan fingerprint density at radius 1 is 1.46 bits per heavy atom. The van der Waals surface area contributed by atoms with Crippen molar-refractivity contribution in [2.45, 2.75) is 6.92 Å². The van der Waals surface area contributed by atoms with Gasteiger partial charge >= 0.3 is 5.97 Å². The fourth-order valence-corrected chi connectivity index (χ4v) is 1.48. The summed E-state index contributed by atoms with van der Waals surface area (Å²) in [7, 11) is 0. The quantitative estimate of drug-likeness (QED) is 0.719. The van der Waals surface area contributed by atoms with Crippen molar-refractivity contribution in [2.75, 3.05) is 0 Å². The zero-order chi connectivity index (χ0) is 9.42. The number of carboxylic acid groups (broad SMARTS) is 1. The van der Waals surface area contributed by atoms with Crippen LogP contribution in [0.4, 0.5) is 0 Å². The highest BCUT2D eigenvalue weighted by Crippen LogP contribution is 2.16. The van der Waals surface area contributed by atoms with Crippen LogP contribution in [-0.4, -0.2) is 15.5 Å². The molecule has 0 fully saturated rings. The van der Waals surface area contributed by atoms with Gasteiger partial charge in [0.2, 0.25) is 0 Å². The summed E-state index contributed by atoms with van der Waals surface area (Å²) in [6.45, 7) is 1.82. The molecule has 0 aliphatic heterocycles. The van der Waals surface area contributed by atoms with Crippen LogP contribution in [-0.2, 0) is 0 Å². The van der Waals surface area contributed by atoms with Crippen molar-refractivity contribution < 1.29 is 9.90 Å². The van der Waals surface area contributed by atoms with Gasteiger partial charge in [0.15, 0.2) is 0 Å². The number of carboxylic acids is 1. The summed E-state index contributed by atoms with van der Waals surface area (Å²) in [6, 6.07) is 5.67. The Labute approximate surface area is 75.2 Å². The number of hydrogen-bond acceptors (Lipinski definition) is 1. The van der Waals surface area contributed by atoms with Crippen LogP contribution in [0.2, 0.25) is 0 Å². The highest BCUT2D eigenvalue weighted by molar-refractivity contribution is 5.92. The van der Waals surface area contributed by atoms with E-state index < -0.39 is 5.97 Å². The van der Waals surface area contributed by atoms with Crippen molar-refractivity contribution in [1.82, 2.24) is 4.40 Å². The van der Waals surface area contributed by atoms with Gasteiger partial charge in [0, 0.05) is 17.9 Å². The summed E-state index contributed by atoms with van der Waals surface area (Å²) >= 11 is 0. The van der Waals surface area contributed by atoms with Gasteiger partial charge in [-0.1, -0.05) is 6.07 Å². The summed E-state index contributed by atoms with van der Waals surface area (Å²) < 4.78 is 1.82. The molecule has 0 bridgehead atoms. The molecule has 66 valence electrons. The second-order valence-electron chi connectivity index (χ2n) is 2.97. The highest BCUT2D eigenvalue weighted by atomic mass is 16.4. The molecule has 3 heteroatoms. The molecule has 0 saturated carbocycles. The lowest BCUT2D eigenvalue weighted by molar-refractivity contribution is 0.0696. The smallest absolute Gasteiger partial charge is 0.337 e. The van der Waals surface area contributed by atoms with Gasteiger partial charge in [-0.3, -0.25) is 0 Å². The van der Waals surface area contributed by atoms with Crippen LogP contribution in [0.3, 0.4) is 0 Å². The van der Waals surface area contributed by atoms with Crippen LogP contribution >= 0.6 is 0 Å². The molecule has 0 aliphatic carbocycles. The number of aromatic nitrogens is 1. The third-order valence-electron chi connectivity index (χ3n) is 2.18. The topological polar surface area (TPSA) is 41.7 Å². The minimum Gasteiger partial charge on any atom is -0.478 e. The molecule has 2 heterocycles. The van der Waals surface area contributed by atoms with Crippen LogP contribution in [0.15, 0.2) is 30.6 Å². The van der Waals surface area contributed by atoms with Gasteiger partial charge in [-0.05, 0) is 24.6 Å². The molecule has 1 N–H and O–H groups in total. The van der Waals surface area contributed by atoms with Crippen LogP contribution in [0, 0.1) is 6.92 Å². The maximum Gasteiger partial charge on any atom is 0.337 e. The Balaban J connectivity index is 2.81. The summed E-state index contributed by atoms with van der Waals surface area (Å²) in [4.78, 5) is 10.8. The molecule has 0 aromatic carbocycles. The average Bonchev–Trinajstić information content (AvgIpc) is 2.45. The molecule has 0 saturated heterocycles. The van der Waals surface area contributed by atoms with E-state index in [1.54, 1.807) is 6.20 Å². The van der Waals surface area contributed by atoms with E-state index in [0.29, 0.717) is 5.56 Å². The van der Waals surface area contributed by atoms with Gasteiger partial charge in [0.25, 0.3) is 0 Å². The minimum atomic E-state index is -0.874. The average molecular weight is 175 g/mol. The molecule has 2 rings (SSSR count). The van der Waals surface area contributed by atoms with E-state index in [0.717, 1.165) is 11.1 Å². The molecule has 0 aliphatic rings. The maximum atomic E-state index is 10.8. The van der Waals surface area contributed by atoms with E-state index in [1.165, 1.54) is 0 Å². The molecule has 13 heavy (non-hydrogen) atoms. The number of aromatic carboxylic acids is 1. The molecule has 0 radical (unpaired) electrons. The molecule has 3 nitrogen and oxygen atoms in total. The SMILES string of the molecule is Cc1c(C(=O)O)cn2ccccc12. The predicted molar refractivity (Wildman–Crippen MR) is 49.1 cm³/mol. The molecule has 0 unspecified atom stereocenters. The van der Waals surface area contributed by atoms with Gasteiger partial charge in [-0.15, -0.1) is 0 Å². The summed E-state index contributed by atoms with van der Waals surface area (Å²) in [5.41, 5.74) is 2.12. The van der Waals surface area contributed by atoms with Crippen molar-refractivity contribution in [1.29, 1.82) is 0 Å². The third kappa shape index (κ3) is 1.09. The van der Waals surface area contributed by atoms with Crippen molar-refractivity contribution in [3.63, 3.8) is 0 Å². The monoisotopic (exact) mass is 175 g/mol. The van der Waals surface area contributed by atoms with E-state index in [-0.39, 0.29) is 0 Å². The zero-order valence-corrected chi connectivity index (χ0v) is 7.19. The first kappa shape index (κ1) is 7.86. The molecular weight excluding hydrogens is 166 g/mol. The molecular formula is C10H9NO2. The fourth-order valence-electron chi connectivity index (χ4n) is 1.48. The van der Waals surface area contributed by atoms with Crippen molar-refractivity contribution >= 4 is 11.5 Å². The second kappa shape index (κ2) is 2.62. The van der Waals surface area contributed by atoms with Crippen LogP contribution in [0.5, 0.6) is 0 Å². The molecule has 2 aromatic heterocycles. The Morgan fingerprint density at radius 2 is 2.23 bits per heavy atom. The normalized spacial score (nSPS) is 10.5. The number of pyridine rings is 1. The van der Waals surface area contributed by atoms with Gasteiger partial charge in [0.05, 0.1) is 5.56 Å². The predicted octanol–water partition coefficient (Wildman–Crippen LogP) is 1.95. The van der Waals surface area contributed by atoms with E-state index in [9.17, 15) is 4.79 Å². The first-order chi connectivity index (χ1) is 6.20. The van der Waals surface area contributed by atoms with E-state index in [2.05, 4.69) is 0 Å². The van der Waals surface area contributed by atoms with Gasteiger partial charge in [0.1, 0.15) is 0 Å². The standard InChI is InChI=1S/C10H9NO2/c1-7-8(10(12)13)6-11-5-3-2-4-9(7)11/h2-6H,1H3,(H,12,13). The lowest BCUT2D eigenvalue weighted by Crippen LogP contribution is -1.95. The van der Waals surface area contributed by atoms with Crippen LogP contribution in [0.1, 0.15) is 15.9 Å². The Morgan fingerprint density at radius 3 is 2.85 bits per heavy atom. The Kier molecular flexibility index (Phi) is 1.59. The zero-order valence-electron chi connectivity index (χ0n) is 7.19. The van der Waals surface area contributed by atoms with Crippen LogP contribution in [0.25, 0.3) is 5.52 Å². The largest absolute Gasteiger partial charge is 0.478 e. The molecule has 2 aromatic rings. The molecule has 0 amide bonds.